The normalized spacial score (nSPS) is 22.9. The van der Waals surface area contributed by atoms with E-state index in [9.17, 15) is 27.9 Å². The van der Waals surface area contributed by atoms with Gasteiger partial charge in [-0.1, -0.05) is 66.9 Å². The lowest BCUT2D eigenvalue weighted by Gasteiger charge is -2.40. The van der Waals surface area contributed by atoms with Gasteiger partial charge < -0.3 is 15.7 Å². The van der Waals surface area contributed by atoms with Crippen LogP contribution in [0.4, 0.5) is 10.5 Å². The molecule has 3 aromatic rings. The summed E-state index contributed by atoms with van der Waals surface area (Å²) in [7, 11) is -2.91. The van der Waals surface area contributed by atoms with Crippen LogP contribution in [0.2, 0.25) is 0 Å². The number of carbonyl (C=O) groups is 3. The average Bonchev–Trinajstić information content (AvgIpc) is 3.34. The number of hydrogen-bond acceptors (Lipinski definition) is 7. The molecule has 2 aliphatic rings. The van der Waals surface area contributed by atoms with Crippen LogP contribution in [0.25, 0.3) is 11.1 Å². The van der Waals surface area contributed by atoms with E-state index in [2.05, 4.69) is 20.1 Å². The maximum atomic E-state index is 12.9. The second-order valence-electron chi connectivity index (χ2n) is 11.9. The molecular weight excluding hydrogens is 582 g/mol. The number of pyridine rings is 1. The third kappa shape index (κ3) is 6.27. The lowest BCUT2D eigenvalue weighted by molar-refractivity contribution is -0.144. The number of amides is 2. The number of nitrogens with zero attached hydrogens (tertiary/aromatic N) is 3. The number of carboxylic acids is 1. The average molecular weight is 618 g/mol. The van der Waals surface area contributed by atoms with E-state index in [1.54, 1.807) is 36.5 Å². The van der Waals surface area contributed by atoms with E-state index in [1.807, 2.05) is 50.2 Å². The van der Waals surface area contributed by atoms with Crippen molar-refractivity contribution in [2.45, 2.75) is 52.1 Å². The number of aliphatic carboxylic acids is 1. The molecule has 1 aromatic heterocycles. The van der Waals surface area contributed by atoms with Crippen LogP contribution in [-0.2, 0) is 33.1 Å². The van der Waals surface area contributed by atoms with Crippen LogP contribution in [0.1, 0.15) is 44.4 Å². The quantitative estimate of drug-likeness (QED) is 0.260. The zero-order chi connectivity index (χ0) is 31.5. The molecule has 1 heterocycles. The van der Waals surface area contributed by atoms with Crippen molar-refractivity contribution in [3.05, 3.63) is 84.2 Å². The largest absolute Gasteiger partial charge is 0.480 e. The fourth-order valence-corrected chi connectivity index (χ4v) is 7.09. The Kier molecular flexibility index (Phi) is 8.93. The summed E-state index contributed by atoms with van der Waals surface area (Å²) in [4.78, 5) is 42.6. The number of hydrogen-bond donors (Lipinski definition) is 3. The van der Waals surface area contributed by atoms with E-state index in [-0.39, 0.29) is 31.2 Å². The van der Waals surface area contributed by atoms with Crippen molar-refractivity contribution in [3.63, 3.8) is 0 Å². The van der Waals surface area contributed by atoms with Crippen LogP contribution < -0.4 is 10.6 Å². The van der Waals surface area contributed by atoms with Gasteiger partial charge in [-0.3, -0.25) is 14.6 Å². The summed E-state index contributed by atoms with van der Waals surface area (Å²) >= 11 is 0. The van der Waals surface area contributed by atoms with Gasteiger partial charge in [-0.25, -0.2) is 4.79 Å². The molecule has 44 heavy (non-hydrogen) atoms. The van der Waals surface area contributed by atoms with Gasteiger partial charge in [-0.15, -0.1) is 0 Å². The van der Waals surface area contributed by atoms with Gasteiger partial charge in [-0.05, 0) is 53.5 Å². The smallest absolute Gasteiger partial charge is 0.328 e. The van der Waals surface area contributed by atoms with Crippen molar-refractivity contribution in [1.82, 2.24) is 15.3 Å². The van der Waals surface area contributed by atoms with Crippen molar-refractivity contribution >= 4 is 34.0 Å². The lowest BCUT2D eigenvalue weighted by atomic mass is 9.68. The Morgan fingerprint density at radius 3 is 2.48 bits per heavy atom. The Bertz CT molecular complexity index is 1690. The topological polar surface area (TPSA) is 158 Å². The molecule has 12 heteroatoms. The molecule has 2 saturated carbocycles. The summed E-state index contributed by atoms with van der Waals surface area (Å²) in [5.41, 5.74) is 1.95. The predicted octanol–water partition coefficient (Wildman–Crippen LogP) is 4.74. The summed E-state index contributed by atoms with van der Waals surface area (Å²) in [6.45, 7) is 4.04. The Morgan fingerprint density at radius 1 is 1.11 bits per heavy atom. The molecule has 0 saturated heterocycles. The summed E-state index contributed by atoms with van der Waals surface area (Å²) in [5.74, 6) is -1.10. The molecule has 3 N–H and O–H groups in total. The Morgan fingerprint density at radius 2 is 1.86 bits per heavy atom. The minimum atomic E-state index is -2.91. The van der Waals surface area contributed by atoms with Gasteiger partial charge in [0, 0.05) is 36.6 Å². The molecule has 2 aromatic carbocycles. The molecule has 2 fully saturated rings. The fraction of sp³-hybridized carbons (Fsp3) is 0.375. The third-order valence-corrected chi connectivity index (χ3v) is 9.85. The second-order valence-corrected chi connectivity index (χ2v) is 12.5. The molecule has 2 bridgehead atoms. The number of ketones is 1. The van der Waals surface area contributed by atoms with Crippen LogP contribution in [0, 0.1) is 16.7 Å². The molecule has 11 nitrogen and oxygen atoms in total. The number of fused-ring (bicyclic) bond motifs is 2. The summed E-state index contributed by atoms with van der Waals surface area (Å²) in [6, 6.07) is 18.3. The maximum Gasteiger partial charge on any atom is 0.328 e. The van der Waals surface area contributed by atoms with Crippen LogP contribution in [0.3, 0.4) is 0 Å². The highest BCUT2D eigenvalue weighted by atomic mass is 32.2. The highest BCUT2D eigenvalue weighted by Gasteiger charge is 2.64. The number of Topliss-reactive ketones (excluding diaryl/α,β-unsaturated/α-hetero) is 1. The number of benzene rings is 2. The Hall–Kier alpha value is -4.42. The summed E-state index contributed by atoms with van der Waals surface area (Å²) < 4.78 is 27.3. The standard InChI is InChI=1S/C32H35N5O6S/c1-31-14-13-23(18-28(31)38)32(31,2)20-37(36-44(42)43)27(29(39)40)17-21-11-12-25(22-8-4-3-5-9-22)26(16-21)35-30(41)34-19-24-10-6-7-15-33-24/h3-12,15-16,23,27H,13-14,17-20H2,1-2H3,(H,39,40)(H2,34,35,41)/t23-,27-,31+,32-/m0/s1. The van der Waals surface area contributed by atoms with Crippen molar-refractivity contribution < 1.29 is 27.9 Å². The van der Waals surface area contributed by atoms with Crippen LogP contribution in [0.5, 0.6) is 0 Å². The van der Waals surface area contributed by atoms with Crippen LogP contribution in [0.15, 0.2) is 77.4 Å². The Balaban J connectivity index is 1.43. The number of carbonyl (C=O) groups excluding carboxylic acids is 2. The molecule has 4 atom stereocenters. The van der Waals surface area contributed by atoms with E-state index >= 15 is 0 Å². The zero-order valence-electron chi connectivity index (χ0n) is 24.6. The third-order valence-electron chi connectivity index (χ3n) is 9.51. The molecule has 5 rings (SSSR count). The Labute approximate surface area is 257 Å². The van der Waals surface area contributed by atoms with Crippen molar-refractivity contribution in [1.29, 1.82) is 0 Å². The molecule has 0 radical (unpaired) electrons. The molecular formula is C32H35N5O6S. The monoisotopic (exact) mass is 617 g/mol. The molecule has 230 valence electrons. The molecule has 2 aliphatic carbocycles. The van der Waals surface area contributed by atoms with Crippen molar-refractivity contribution in [3.8, 4) is 11.1 Å². The van der Waals surface area contributed by atoms with E-state index in [0.29, 0.717) is 29.8 Å². The first-order valence-electron chi connectivity index (χ1n) is 14.5. The minimum absolute atomic E-state index is 0.00792. The predicted molar refractivity (Wildman–Crippen MR) is 164 cm³/mol. The molecule has 0 spiro atoms. The number of nitrogens with one attached hydrogen (secondary N) is 2. The first kappa shape index (κ1) is 31.0. The number of rotatable bonds is 11. The van der Waals surface area contributed by atoms with Gasteiger partial charge in [0.05, 0.1) is 17.9 Å². The lowest BCUT2D eigenvalue weighted by Crippen LogP contribution is -2.49. The highest BCUT2D eigenvalue weighted by Crippen LogP contribution is 2.64. The summed E-state index contributed by atoms with van der Waals surface area (Å²) in [5, 5.41) is 17.1. The van der Waals surface area contributed by atoms with E-state index in [4.69, 9.17) is 0 Å². The second kappa shape index (κ2) is 12.7. The van der Waals surface area contributed by atoms with E-state index in [0.717, 1.165) is 22.6 Å². The zero-order valence-corrected chi connectivity index (χ0v) is 25.4. The van der Waals surface area contributed by atoms with Crippen LogP contribution in [-0.4, -0.2) is 53.9 Å². The van der Waals surface area contributed by atoms with Crippen molar-refractivity contribution in [2.75, 3.05) is 11.9 Å². The van der Waals surface area contributed by atoms with Gasteiger partial charge in [0.2, 0.25) is 0 Å². The fourth-order valence-electron chi connectivity index (χ4n) is 6.75. The first-order chi connectivity index (χ1) is 21.0. The highest BCUT2D eigenvalue weighted by molar-refractivity contribution is 7.61. The SMILES string of the molecule is C[C@]1(CN(N=S(=O)=O)[C@@H](Cc2ccc(-c3ccccc3)c(NC(=O)NCc3ccccn3)c2)C(=O)O)[C@H]2CC[C@]1(C)C(=O)C2. The number of carboxylic acid groups (broad SMARTS) is 1. The molecule has 0 unspecified atom stereocenters. The molecule has 2 amide bonds. The van der Waals surface area contributed by atoms with Gasteiger partial charge >= 0.3 is 22.5 Å². The number of urea groups is 1. The minimum Gasteiger partial charge on any atom is -0.480 e. The van der Waals surface area contributed by atoms with Crippen molar-refractivity contribution in [2.24, 2.45) is 21.2 Å². The molecule has 0 aliphatic heterocycles. The maximum absolute atomic E-state index is 12.9. The number of aromatic nitrogens is 1. The first-order valence-corrected chi connectivity index (χ1v) is 15.5. The number of anilines is 1. The van der Waals surface area contributed by atoms with Gasteiger partial charge in [0.1, 0.15) is 11.8 Å². The van der Waals surface area contributed by atoms with E-state index < -0.39 is 39.4 Å². The van der Waals surface area contributed by atoms with Gasteiger partial charge in [-0.2, -0.15) is 13.4 Å². The van der Waals surface area contributed by atoms with Gasteiger partial charge in [0.25, 0.3) is 0 Å². The summed E-state index contributed by atoms with van der Waals surface area (Å²) in [6.07, 6.45) is 3.44. The van der Waals surface area contributed by atoms with E-state index in [1.165, 1.54) is 0 Å². The van der Waals surface area contributed by atoms with Gasteiger partial charge in [0.15, 0.2) is 0 Å². The van der Waals surface area contributed by atoms with Crippen LogP contribution >= 0.6 is 0 Å².